The smallest absolute Gasteiger partial charge is 0.142 e. The molecule has 0 amide bonds. The van der Waals surface area contributed by atoms with Gasteiger partial charge in [0.25, 0.3) is 0 Å². The van der Waals surface area contributed by atoms with Gasteiger partial charge in [0.05, 0.1) is 4.88 Å². The first-order chi connectivity index (χ1) is 5.45. The predicted octanol–water partition coefficient (Wildman–Crippen LogP) is 2.66. The van der Waals surface area contributed by atoms with Crippen molar-refractivity contribution in [2.45, 2.75) is 18.6 Å². The molecule has 2 heterocycles. The fourth-order valence-corrected chi connectivity index (χ4v) is 4.93. The third kappa shape index (κ3) is 2.00. The van der Waals surface area contributed by atoms with Crippen LogP contribution in [0.1, 0.15) is 17.7 Å². The van der Waals surface area contributed by atoms with E-state index in [1.54, 1.807) is 4.88 Å². The summed E-state index contributed by atoms with van der Waals surface area (Å²) in [5.41, 5.74) is 0. The van der Waals surface area contributed by atoms with Crippen molar-refractivity contribution in [1.29, 1.82) is 0 Å². The maximum atomic E-state index is 2.27. The van der Waals surface area contributed by atoms with E-state index in [-0.39, 0.29) is 0 Å². The van der Waals surface area contributed by atoms with Crippen LogP contribution in [0.15, 0.2) is 17.5 Å². The van der Waals surface area contributed by atoms with Crippen LogP contribution in [-0.4, -0.2) is 11.5 Å². The second kappa shape index (κ2) is 3.63. The fourth-order valence-electron chi connectivity index (χ4n) is 1.45. The zero-order valence-electron chi connectivity index (χ0n) is 6.58. The Bertz CT molecular complexity index is 197. The van der Waals surface area contributed by atoms with Crippen LogP contribution in [0.5, 0.6) is 0 Å². The van der Waals surface area contributed by atoms with Crippen LogP contribution in [0, 0.1) is 0 Å². The highest BCUT2D eigenvalue weighted by Gasteiger charge is 2.24. The van der Waals surface area contributed by atoms with Gasteiger partial charge in [-0.05, 0) is 35.2 Å². The molecule has 2 rings (SSSR count). The van der Waals surface area contributed by atoms with Gasteiger partial charge in [0.1, 0.15) is 17.3 Å². The maximum absolute atomic E-state index is 2.27. The molecule has 0 spiro atoms. The Balaban J connectivity index is 1.90. The van der Waals surface area contributed by atoms with Crippen molar-refractivity contribution < 1.29 is 0 Å². The average molecular weight is 185 g/mol. The Kier molecular flexibility index (Phi) is 2.54. The highest BCUT2D eigenvalue weighted by Crippen LogP contribution is 2.20. The molecule has 0 radical (unpaired) electrons. The first-order valence-electron chi connectivity index (χ1n) is 4.11. The van der Waals surface area contributed by atoms with Gasteiger partial charge in [-0.25, -0.2) is 0 Å². The van der Waals surface area contributed by atoms with Gasteiger partial charge >= 0.3 is 0 Å². The van der Waals surface area contributed by atoms with Crippen LogP contribution in [-0.2, 0) is 16.6 Å². The molecular weight excluding hydrogens is 172 g/mol. The maximum Gasteiger partial charge on any atom is 0.142 e. The third-order valence-electron chi connectivity index (χ3n) is 2.04. The summed E-state index contributed by atoms with van der Waals surface area (Å²) in [5.74, 6) is 4.37. The summed E-state index contributed by atoms with van der Waals surface area (Å²) in [5, 5.41) is 2.19. The molecular formula is C9H13S2+. The molecule has 0 saturated carbocycles. The van der Waals surface area contributed by atoms with Crippen molar-refractivity contribution in [1.82, 2.24) is 0 Å². The van der Waals surface area contributed by atoms with E-state index < -0.39 is 0 Å². The van der Waals surface area contributed by atoms with E-state index in [1.165, 1.54) is 30.1 Å². The lowest BCUT2D eigenvalue weighted by molar-refractivity contribution is 0.949. The van der Waals surface area contributed by atoms with E-state index in [4.69, 9.17) is 0 Å². The Morgan fingerprint density at radius 2 is 2.18 bits per heavy atom. The highest BCUT2D eigenvalue weighted by atomic mass is 32.2. The van der Waals surface area contributed by atoms with E-state index in [0.29, 0.717) is 0 Å². The van der Waals surface area contributed by atoms with Crippen LogP contribution in [0.25, 0.3) is 0 Å². The first kappa shape index (κ1) is 7.69. The molecule has 2 heteroatoms. The molecule has 0 atom stereocenters. The van der Waals surface area contributed by atoms with E-state index in [1.807, 2.05) is 11.3 Å². The molecule has 11 heavy (non-hydrogen) atoms. The van der Waals surface area contributed by atoms with Crippen LogP contribution >= 0.6 is 11.3 Å². The van der Waals surface area contributed by atoms with Gasteiger partial charge in [-0.15, -0.1) is 11.3 Å². The predicted molar refractivity (Wildman–Crippen MR) is 54.4 cm³/mol. The molecule has 0 nitrogen and oxygen atoms in total. The lowest BCUT2D eigenvalue weighted by Gasteiger charge is -1.96. The van der Waals surface area contributed by atoms with Crippen LogP contribution in [0.4, 0.5) is 0 Å². The molecule has 60 valence electrons. The Labute approximate surface area is 75.0 Å². The molecule has 0 bridgehead atoms. The Hall–Kier alpha value is 0.0500. The normalized spacial score (nSPS) is 19.3. The van der Waals surface area contributed by atoms with Gasteiger partial charge in [0.15, 0.2) is 0 Å². The van der Waals surface area contributed by atoms with Gasteiger partial charge in [-0.3, -0.25) is 0 Å². The van der Waals surface area contributed by atoms with Crippen molar-refractivity contribution in [2.75, 3.05) is 11.5 Å². The molecule has 1 aliphatic rings. The van der Waals surface area contributed by atoms with Gasteiger partial charge in [-0.1, -0.05) is 6.07 Å². The molecule has 0 unspecified atom stereocenters. The van der Waals surface area contributed by atoms with Crippen molar-refractivity contribution in [3.8, 4) is 0 Å². The minimum Gasteiger partial charge on any atom is -0.144 e. The van der Waals surface area contributed by atoms with Gasteiger partial charge in [0, 0.05) is 0 Å². The lowest BCUT2D eigenvalue weighted by Crippen LogP contribution is -2.05. The summed E-state index contributed by atoms with van der Waals surface area (Å²) in [7, 11) is 0.754. The molecule has 1 fully saturated rings. The fraction of sp³-hybridized carbons (Fsp3) is 0.556. The largest absolute Gasteiger partial charge is 0.144 e. The number of thiophene rings is 1. The molecule has 1 saturated heterocycles. The summed E-state index contributed by atoms with van der Waals surface area (Å²) >= 11 is 1.92. The van der Waals surface area contributed by atoms with Gasteiger partial charge < -0.3 is 0 Å². The summed E-state index contributed by atoms with van der Waals surface area (Å²) in [6, 6.07) is 4.44. The summed E-state index contributed by atoms with van der Waals surface area (Å²) in [6.45, 7) is 0. The molecule has 0 aromatic carbocycles. The monoisotopic (exact) mass is 185 g/mol. The van der Waals surface area contributed by atoms with E-state index in [2.05, 4.69) is 17.5 Å². The summed E-state index contributed by atoms with van der Waals surface area (Å²) in [6.07, 6.45) is 2.96. The SMILES string of the molecule is c1csc(C[S+]2CCCC2)c1. The Morgan fingerprint density at radius 1 is 1.36 bits per heavy atom. The van der Waals surface area contributed by atoms with Crippen molar-refractivity contribution in [2.24, 2.45) is 0 Å². The molecule has 0 N–H and O–H groups in total. The standard InChI is InChI=1S/C9H13S2/c1-2-7-11(6-1)8-9-4-3-5-10-9/h3-5H,1-2,6-8H2/q+1. The summed E-state index contributed by atoms with van der Waals surface area (Å²) < 4.78 is 0. The average Bonchev–Trinajstić information content (AvgIpc) is 2.60. The van der Waals surface area contributed by atoms with Crippen molar-refractivity contribution >= 4 is 22.2 Å². The highest BCUT2D eigenvalue weighted by molar-refractivity contribution is 7.96. The Morgan fingerprint density at radius 3 is 2.82 bits per heavy atom. The zero-order chi connectivity index (χ0) is 7.52. The number of hydrogen-bond donors (Lipinski definition) is 0. The van der Waals surface area contributed by atoms with Crippen LogP contribution in [0.3, 0.4) is 0 Å². The van der Waals surface area contributed by atoms with Gasteiger partial charge in [-0.2, -0.15) is 0 Å². The van der Waals surface area contributed by atoms with Crippen LogP contribution in [0.2, 0.25) is 0 Å². The number of rotatable bonds is 2. The molecule has 0 aliphatic carbocycles. The minimum atomic E-state index is 0.754. The zero-order valence-corrected chi connectivity index (χ0v) is 8.22. The first-order valence-corrected chi connectivity index (χ1v) is 6.73. The van der Waals surface area contributed by atoms with Crippen LogP contribution < -0.4 is 0 Å². The van der Waals surface area contributed by atoms with Crippen molar-refractivity contribution in [3.63, 3.8) is 0 Å². The molecule has 1 aromatic rings. The topological polar surface area (TPSA) is 0 Å². The molecule has 1 aliphatic heterocycles. The minimum absolute atomic E-state index is 0.754. The summed E-state index contributed by atoms with van der Waals surface area (Å²) in [4.78, 5) is 1.59. The van der Waals surface area contributed by atoms with Gasteiger partial charge in [0.2, 0.25) is 0 Å². The third-order valence-corrected chi connectivity index (χ3v) is 5.55. The van der Waals surface area contributed by atoms with Crippen molar-refractivity contribution in [3.05, 3.63) is 22.4 Å². The van der Waals surface area contributed by atoms with E-state index >= 15 is 0 Å². The van der Waals surface area contributed by atoms with E-state index in [0.717, 1.165) is 10.9 Å². The lowest BCUT2D eigenvalue weighted by atomic mass is 10.4. The number of hydrogen-bond acceptors (Lipinski definition) is 1. The second-order valence-electron chi connectivity index (χ2n) is 2.95. The quantitative estimate of drug-likeness (QED) is 0.621. The second-order valence-corrected chi connectivity index (χ2v) is 6.31. The van der Waals surface area contributed by atoms with E-state index in [9.17, 15) is 0 Å². The molecule has 1 aromatic heterocycles.